The predicted octanol–water partition coefficient (Wildman–Crippen LogP) is 5.91. The summed E-state index contributed by atoms with van der Waals surface area (Å²) in [6.07, 6.45) is -2.93. The van der Waals surface area contributed by atoms with Gasteiger partial charge in [0.2, 0.25) is 0 Å². The zero-order valence-electron chi connectivity index (χ0n) is 16.3. The maximum Gasteiger partial charge on any atom is 0.416 e. The Morgan fingerprint density at radius 2 is 1.87 bits per heavy atom. The molecule has 0 aromatic heterocycles. The molecule has 0 spiro atoms. The number of nitrogens with zero attached hydrogens (tertiary/aromatic N) is 1. The molecule has 0 aliphatic carbocycles. The van der Waals surface area contributed by atoms with Gasteiger partial charge < -0.3 is 9.47 Å². The number of thioether (sulfide) groups is 1. The van der Waals surface area contributed by atoms with Crippen molar-refractivity contribution >= 4 is 46.0 Å². The smallest absolute Gasteiger partial charge is 0.416 e. The minimum Gasteiger partial charge on any atom is -0.493 e. The molecule has 1 heterocycles. The van der Waals surface area contributed by atoms with Crippen molar-refractivity contribution in [3.8, 4) is 11.5 Å². The second kappa shape index (κ2) is 8.69. The molecule has 0 N–H and O–H groups in total. The number of alkyl halides is 3. The van der Waals surface area contributed by atoms with Crippen molar-refractivity contribution in [1.29, 1.82) is 0 Å². The SMILES string of the molecule is COc1cc(/C=C2/SC(=S)N(c3cccc(C(F)(F)F)c3)C2=O)ccc1OC(C)C. The quantitative estimate of drug-likeness (QED) is 0.416. The van der Waals surface area contributed by atoms with Gasteiger partial charge in [0, 0.05) is 0 Å². The van der Waals surface area contributed by atoms with Gasteiger partial charge in [0.15, 0.2) is 15.8 Å². The predicted molar refractivity (Wildman–Crippen MR) is 116 cm³/mol. The van der Waals surface area contributed by atoms with E-state index in [1.165, 1.54) is 19.2 Å². The molecule has 0 bridgehead atoms. The Hall–Kier alpha value is -2.52. The fourth-order valence-corrected chi connectivity index (χ4v) is 4.09. The first-order chi connectivity index (χ1) is 14.1. The van der Waals surface area contributed by atoms with E-state index in [-0.39, 0.29) is 16.1 Å². The lowest BCUT2D eigenvalue weighted by Gasteiger charge is -2.16. The highest BCUT2D eigenvalue weighted by Crippen LogP contribution is 2.39. The number of halogens is 3. The third-order valence-electron chi connectivity index (χ3n) is 4.07. The van der Waals surface area contributed by atoms with Gasteiger partial charge in [0.25, 0.3) is 5.91 Å². The molecule has 2 aromatic carbocycles. The van der Waals surface area contributed by atoms with Crippen molar-refractivity contribution in [2.45, 2.75) is 26.1 Å². The molecule has 0 saturated carbocycles. The number of hydrogen-bond acceptors (Lipinski definition) is 5. The van der Waals surface area contributed by atoms with Gasteiger partial charge in [-0.05, 0) is 55.8 Å². The van der Waals surface area contributed by atoms with Crippen molar-refractivity contribution in [3.05, 3.63) is 58.5 Å². The normalized spacial score (nSPS) is 16.0. The van der Waals surface area contributed by atoms with Crippen molar-refractivity contribution < 1.29 is 27.4 Å². The molecule has 0 unspecified atom stereocenters. The maximum absolute atomic E-state index is 13.0. The summed E-state index contributed by atoms with van der Waals surface area (Å²) in [6, 6.07) is 9.74. The van der Waals surface area contributed by atoms with Crippen molar-refractivity contribution in [2.24, 2.45) is 0 Å². The number of ether oxygens (including phenoxy) is 2. The number of hydrogen-bond donors (Lipinski definition) is 0. The fraction of sp³-hybridized carbons (Fsp3) is 0.238. The molecule has 2 aromatic rings. The Morgan fingerprint density at radius 3 is 2.50 bits per heavy atom. The van der Waals surface area contributed by atoms with Crippen molar-refractivity contribution in [3.63, 3.8) is 0 Å². The van der Waals surface area contributed by atoms with E-state index in [2.05, 4.69) is 0 Å². The highest BCUT2D eigenvalue weighted by molar-refractivity contribution is 8.27. The monoisotopic (exact) mass is 453 g/mol. The van der Waals surface area contributed by atoms with E-state index >= 15 is 0 Å². The number of thiocarbonyl (C=S) groups is 1. The van der Waals surface area contributed by atoms with E-state index in [4.69, 9.17) is 21.7 Å². The largest absolute Gasteiger partial charge is 0.493 e. The molecular weight excluding hydrogens is 435 g/mol. The number of rotatable bonds is 5. The molecule has 0 radical (unpaired) electrons. The van der Waals surface area contributed by atoms with Gasteiger partial charge in [0.05, 0.1) is 29.4 Å². The van der Waals surface area contributed by atoms with Crippen LogP contribution in [0.4, 0.5) is 18.9 Å². The summed E-state index contributed by atoms with van der Waals surface area (Å²) in [5.41, 5.74) is -0.0926. The summed E-state index contributed by atoms with van der Waals surface area (Å²) in [5, 5.41) is 0. The second-order valence-corrected chi connectivity index (χ2v) is 8.32. The van der Waals surface area contributed by atoms with E-state index in [1.807, 2.05) is 13.8 Å². The number of amides is 1. The van der Waals surface area contributed by atoms with Crippen LogP contribution in [-0.4, -0.2) is 23.4 Å². The first kappa shape index (κ1) is 22.2. The van der Waals surface area contributed by atoms with Crippen LogP contribution in [0.25, 0.3) is 6.08 Å². The lowest BCUT2D eigenvalue weighted by atomic mass is 10.1. The average Bonchev–Trinajstić information content (AvgIpc) is 2.95. The number of anilines is 1. The van der Waals surface area contributed by atoms with Gasteiger partial charge in [-0.1, -0.05) is 36.1 Å². The molecule has 1 fully saturated rings. The molecular formula is C21H18F3NO3S2. The third kappa shape index (κ3) is 4.79. The molecule has 9 heteroatoms. The summed E-state index contributed by atoms with van der Waals surface area (Å²) >= 11 is 6.28. The number of carbonyl (C=O) groups excluding carboxylic acids is 1. The van der Waals surface area contributed by atoms with Crippen LogP contribution >= 0.6 is 24.0 Å². The van der Waals surface area contributed by atoms with Gasteiger partial charge in [0.1, 0.15) is 0 Å². The Bertz CT molecular complexity index is 1020. The number of carbonyl (C=O) groups is 1. The topological polar surface area (TPSA) is 38.8 Å². The average molecular weight is 454 g/mol. The van der Waals surface area contributed by atoms with Crippen LogP contribution in [-0.2, 0) is 11.0 Å². The minimum absolute atomic E-state index is 0.0338. The highest BCUT2D eigenvalue weighted by atomic mass is 32.2. The van der Waals surface area contributed by atoms with E-state index in [0.29, 0.717) is 22.0 Å². The van der Waals surface area contributed by atoms with Crippen LogP contribution in [0.15, 0.2) is 47.4 Å². The molecule has 1 aliphatic rings. The Labute approximate surface area is 181 Å². The van der Waals surface area contributed by atoms with Gasteiger partial charge in [-0.15, -0.1) is 0 Å². The zero-order chi connectivity index (χ0) is 22.1. The van der Waals surface area contributed by atoms with E-state index in [9.17, 15) is 18.0 Å². The Balaban J connectivity index is 1.90. The van der Waals surface area contributed by atoms with Crippen LogP contribution in [0, 0.1) is 0 Å². The first-order valence-corrected chi connectivity index (χ1v) is 10.1. The van der Waals surface area contributed by atoms with Gasteiger partial charge in [-0.2, -0.15) is 13.2 Å². The summed E-state index contributed by atoms with van der Waals surface area (Å²) in [5.74, 6) is 0.595. The Kier molecular flexibility index (Phi) is 6.42. The molecule has 1 aliphatic heterocycles. The first-order valence-electron chi connectivity index (χ1n) is 8.90. The standard InChI is InChI=1S/C21H18F3NO3S2/c1-12(2)28-16-8-7-13(9-17(16)27-3)10-18-19(26)25(20(29)30-18)15-6-4-5-14(11-15)21(22,23)24/h4-12H,1-3H3/b18-10+. The van der Waals surface area contributed by atoms with Gasteiger partial charge in [-0.3, -0.25) is 9.69 Å². The summed E-state index contributed by atoms with van der Waals surface area (Å²) in [6.45, 7) is 3.79. The zero-order valence-corrected chi connectivity index (χ0v) is 18.0. The summed E-state index contributed by atoms with van der Waals surface area (Å²) in [7, 11) is 1.51. The van der Waals surface area contributed by atoms with Crippen LogP contribution in [0.5, 0.6) is 11.5 Å². The lowest BCUT2D eigenvalue weighted by molar-refractivity contribution is -0.137. The van der Waals surface area contributed by atoms with E-state index < -0.39 is 17.6 Å². The molecule has 4 nitrogen and oxygen atoms in total. The molecule has 0 atom stereocenters. The maximum atomic E-state index is 13.0. The molecule has 30 heavy (non-hydrogen) atoms. The van der Waals surface area contributed by atoms with Crippen LogP contribution in [0.2, 0.25) is 0 Å². The van der Waals surface area contributed by atoms with E-state index in [1.54, 1.807) is 24.3 Å². The van der Waals surface area contributed by atoms with Crippen LogP contribution in [0.1, 0.15) is 25.0 Å². The summed E-state index contributed by atoms with van der Waals surface area (Å²) in [4.78, 5) is 14.3. The van der Waals surface area contributed by atoms with Crippen molar-refractivity contribution in [1.82, 2.24) is 0 Å². The highest BCUT2D eigenvalue weighted by Gasteiger charge is 2.36. The molecule has 3 rings (SSSR count). The molecule has 1 saturated heterocycles. The minimum atomic E-state index is -4.51. The van der Waals surface area contributed by atoms with E-state index in [0.717, 1.165) is 28.8 Å². The van der Waals surface area contributed by atoms with Crippen LogP contribution < -0.4 is 14.4 Å². The Morgan fingerprint density at radius 1 is 1.13 bits per heavy atom. The second-order valence-electron chi connectivity index (χ2n) is 6.64. The number of methoxy groups -OCH3 is 1. The van der Waals surface area contributed by atoms with Gasteiger partial charge >= 0.3 is 6.18 Å². The molecule has 1 amide bonds. The van der Waals surface area contributed by atoms with Crippen LogP contribution in [0.3, 0.4) is 0 Å². The summed E-state index contributed by atoms with van der Waals surface area (Å²) < 4.78 is 50.2. The molecule has 158 valence electrons. The third-order valence-corrected chi connectivity index (χ3v) is 5.38. The van der Waals surface area contributed by atoms with Crippen molar-refractivity contribution in [2.75, 3.05) is 12.0 Å². The van der Waals surface area contributed by atoms with Gasteiger partial charge in [-0.25, -0.2) is 0 Å². The fourth-order valence-electron chi connectivity index (χ4n) is 2.79. The lowest BCUT2D eigenvalue weighted by Crippen LogP contribution is -2.27. The number of benzene rings is 2.